The second-order valence-electron chi connectivity index (χ2n) is 5.51. The quantitative estimate of drug-likeness (QED) is 0.593. The number of rotatable bonds is 6. The van der Waals surface area contributed by atoms with Gasteiger partial charge in [0.15, 0.2) is 10.9 Å². The summed E-state index contributed by atoms with van der Waals surface area (Å²) in [7, 11) is 1.55. The minimum absolute atomic E-state index is 0.184. The number of amides is 2. The molecule has 0 spiro atoms. The first kappa shape index (κ1) is 18.9. The fourth-order valence-electron chi connectivity index (χ4n) is 2.46. The van der Waals surface area contributed by atoms with Crippen LogP contribution in [0, 0.1) is 0 Å². The Morgan fingerprint density at radius 2 is 1.93 bits per heavy atom. The number of nitrogens with zero attached hydrogens (tertiary/aromatic N) is 1. The molecule has 1 aliphatic rings. The van der Waals surface area contributed by atoms with Crippen LogP contribution in [0.2, 0.25) is 0 Å². The molecular formula is C19H16N2O4S2. The number of primary amides is 1. The van der Waals surface area contributed by atoms with Crippen molar-refractivity contribution in [2.45, 2.75) is 0 Å². The van der Waals surface area contributed by atoms with Crippen molar-refractivity contribution in [3.05, 3.63) is 59.0 Å². The highest BCUT2D eigenvalue weighted by atomic mass is 32.2. The van der Waals surface area contributed by atoms with Crippen molar-refractivity contribution in [3.63, 3.8) is 0 Å². The Bertz CT molecular complexity index is 926. The summed E-state index contributed by atoms with van der Waals surface area (Å²) in [4.78, 5) is 25.6. The van der Waals surface area contributed by atoms with Crippen LogP contribution in [0.1, 0.15) is 5.56 Å². The lowest BCUT2D eigenvalue weighted by molar-refractivity contribution is -0.120. The third kappa shape index (κ3) is 4.29. The Morgan fingerprint density at radius 3 is 2.59 bits per heavy atom. The van der Waals surface area contributed by atoms with Crippen LogP contribution in [-0.2, 0) is 9.59 Å². The van der Waals surface area contributed by atoms with Gasteiger partial charge in [0.25, 0.3) is 11.8 Å². The molecular weight excluding hydrogens is 384 g/mol. The number of nitrogens with two attached hydrogens (primary N) is 1. The van der Waals surface area contributed by atoms with Crippen LogP contribution in [0.5, 0.6) is 11.5 Å². The average molecular weight is 400 g/mol. The van der Waals surface area contributed by atoms with Gasteiger partial charge in [-0.15, -0.1) is 0 Å². The molecule has 1 heterocycles. The molecule has 2 aromatic rings. The van der Waals surface area contributed by atoms with Crippen LogP contribution in [0.4, 0.5) is 5.69 Å². The first-order valence-electron chi connectivity index (χ1n) is 7.91. The lowest BCUT2D eigenvalue weighted by Crippen LogP contribution is -2.27. The van der Waals surface area contributed by atoms with Gasteiger partial charge in [0, 0.05) is 0 Å². The Morgan fingerprint density at radius 1 is 1.22 bits per heavy atom. The molecule has 2 amide bonds. The van der Waals surface area contributed by atoms with Gasteiger partial charge in [0.05, 0.1) is 17.7 Å². The number of methoxy groups -OCH3 is 1. The minimum Gasteiger partial charge on any atom is -0.495 e. The molecule has 0 saturated carbocycles. The smallest absolute Gasteiger partial charge is 0.270 e. The summed E-state index contributed by atoms with van der Waals surface area (Å²) < 4.78 is 11.0. The van der Waals surface area contributed by atoms with Gasteiger partial charge < -0.3 is 15.2 Å². The van der Waals surface area contributed by atoms with Crippen LogP contribution in [0.3, 0.4) is 0 Å². The van der Waals surface area contributed by atoms with E-state index >= 15 is 0 Å². The summed E-state index contributed by atoms with van der Waals surface area (Å²) in [5, 5.41) is 0. The van der Waals surface area contributed by atoms with E-state index in [9.17, 15) is 9.59 Å². The fraction of sp³-hybridized carbons (Fsp3) is 0.105. The van der Waals surface area contributed by atoms with Crippen molar-refractivity contribution in [2.24, 2.45) is 5.73 Å². The van der Waals surface area contributed by atoms with E-state index in [0.717, 1.165) is 5.56 Å². The molecule has 1 aliphatic heterocycles. The normalized spacial score (nSPS) is 15.3. The largest absolute Gasteiger partial charge is 0.495 e. The van der Waals surface area contributed by atoms with Crippen molar-refractivity contribution in [1.82, 2.24) is 0 Å². The summed E-state index contributed by atoms with van der Waals surface area (Å²) in [6.45, 7) is -0.184. The lowest BCUT2D eigenvalue weighted by Gasteiger charge is -2.17. The van der Waals surface area contributed by atoms with E-state index in [1.54, 1.807) is 49.6 Å². The number of carbonyl (C=O) groups excluding carboxylic acids is 2. The SMILES string of the molecule is COc1ccccc1N1C(=O)/C(=C/c2ccc(OCC(N)=O)cc2)SC1=S. The third-order valence-electron chi connectivity index (χ3n) is 3.68. The monoisotopic (exact) mass is 400 g/mol. The number of carbonyl (C=O) groups is 2. The van der Waals surface area contributed by atoms with E-state index in [1.807, 2.05) is 12.1 Å². The van der Waals surface area contributed by atoms with Crippen molar-refractivity contribution in [2.75, 3.05) is 18.6 Å². The molecule has 1 fully saturated rings. The van der Waals surface area contributed by atoms with Gasteiger partial charge >= 0.3 is 0 Å². The number of hydrogen-bond donors (Lipinski definition) is 1. The second kappa shape index (κ2) is 8.24. The molecule has 0 atom stereocenters. The molecule has 138 valence electrons. The van der Waals surface area contributed by atoms with E-state index in [-0.39, 0.29) is 12.5 Å². The van der Waals surface area contributed by atoms with E-state index in [0.29, 0.717) is 26.4 Å². The molecule has 0 aliphatic carbocycles. The summed E-state index contributed by atoms with van der Waals surface area (Å²) in [6.07, 6.45) is 1.76. The zero-order valence-electron chi connectivity index (χ0n) is 14.4. The maximum Gasteiger partial charge on any atom is 0.270 e. The Hall–Kier alpha value is -2.84. The number of para-hydroxylation sites is 2. The number of anilines is 1. The van der Waals surface area contributed by atoms with E-state index in [2.05, 4.69) is 0 Å². The number of ether oxygens (including phenoxy) is 2. The number of thioether (sulfide) groups is 1. The molecule has 6 nitrogen and oxygen atoms in total. The van der Waals surface area contributed by atoms with Gasteiger partial charge in [-0.25, -0.2) is 0 Å². The second-order valence-corrected chi connectivity index (χ2v) is 7.19. The topological polar surface area (TPSA) is 81.9 Å². The van der Waals surface area contributed by atoms with Crippen LogP contribution in [0.15, 0.2) is 53.4 Å². The molecule has 0 aromatic heterocycles. The Labute approximate surface area is 165 Å². The molecule has 1 saturated heterocycles. The standard InChI is InChI=1S/C19H16N2O4S2/c1-24-15-5-3-2-4-14(15)21-18(23)16(27-19(21)26)10-12-6-8-13(9-7-12)25-11-17(20)22/h2-10H,11H2,1H3,(H2,20,22)/b16-10-. The highest BCUT2D eigenvalue weighted by molar-refractivity contribution is 8.27. The summed E-state index contributed by atoms with van der Waals surface area (Å²) in [5.74, 6) is 0.348. The summed E-state index contributed by atoms with van der Waals surface area (Å²) in [6, 6.07) is 14.2. The zero-order chi connectivity index (χ0) is 19.4. The van der Waals surface area contributed by atoms with Crippen molar-refractivity contribution in [1.29, 1.82) is 0 Å². The van der Waals surface area contributed by atoms with Gasteiger partial charge in [0.2, 0.25) is 0 Å². The first-order valence-corrected chi connectivity index (χ1v) is 9.14. The van der Waals surface area contributed by atoms with Gasteiger partial charge in [-0.3, -0.25) is 14.5 Å². The molecule has 8 heteroatoms. The average Bonchev–Trinajstić information content (AvgIpc) is 2.94. The van der Waals surface area contributed by atoms with Crippen molar-refractivity contribution < 1.29 is 19.1 Å². The Kier molecular flexibility index (Phi) is 5.78. The molecule has 0 bridgehead atoms. The van der Waals surface area contributed by atoms with Crippen LogP contribution in [-0.4, -0.2) is 29.9 Å². The van der Waals surface area contributed by atoms with E-state index < -0.39 is 5.91 Å². The number of hydrogen-bond acceptors (Lipinski definition) is 6. The highest BCUT2D eigenvalue weighted by Gasteiger charge is 2.34. The Balaban J connectivity index is 1.81. The van der Waals surface area contributed by atoms with Gasteiger partial charge in [0.1, 0.15) is 11.5 Å². The molecule has 27 heavy (non-hydrogen) atoms. The van der Waals surface area contributed by atoms with E-state index in [4.69, 9.17) is 27.4 Å². The predicted octanol–water partition coefficient (Wildman–Crippen LogP) is 2.97. The summed E-state index contributed by atoms with van der Waals surface area (Å²) >= 11 is 6.62. The van der Waals surface area contributed by atoms with Crippen LogP contribution < -0.4 is 20.1 Å². The molecule has 0 radical (unpaired) electrons. The van der Waals surface area contributed by atoms with Gasteiger partial charge in [-0.1, -0.05) is 48.2 Å². The highest BCUT2D eigenvalue weighted by Crippen LogP contribution is 2.39. The maximum absolute atomic E-state index is 12.9. The summed E-state index contributed by atoms with van der Waals surface area (Å²) in [5.41, 5.74) is 6.47. The van der Waals surface area contributed by atoms with Crippen molar-refractivity contribution in [3.8, 4) is 11.5 Å². The van der Waals surface area contributed by atoms with E-state index in [1.165, 1.54) is 16.7 Å². The lowest BCUT2D eigenvalue weighted by atomic mass is 10.2. The van der Waals surface area contributed by atoms with Gasteiger partial charge in [-0.2, -0.15) is 0 Å². The molecule has 2 N–H and O–H groups in total. The minimum atomic E-state index is -0.543. The third-order valence-corrected chi connectivity index (χ3v) is 4.98. The zero-order valence-corrected chi connectivity index (χ0v) is 16.0. The van der Waals surface area contributed by atoms with Crippen molar-refractivity contribution >= 4 is 51.9 Å². The van der Waals surface area contributed by atoms with Crippen LogP contribution >= 0.6 is 24.0 Å². The molecule has 3 rings (SSSR count). The predicted molar refractivity (Wildman–Crippen MR) is 110 cm³/mol. The molecule has 2 aromatic carbocycles. The number of benzene rings is 2. The van der Waals surface area contributed by atoms with Gasteiger partial charge in [-0.05, 0) is 35.9 Å². The first-order chi connectivity index (χ1) is 13.0. The number of thiocarbonyl (C=S) groups is 1. The van der Waals surface area contributed by atoms with Crippen LogP contribution in [0.25, 0.3) is 6.08 Å². The molecule has 0 unspecified atom stereocenters. The fourth-order valence-corrected chi connectivity index (χ4v) is 3.74. The maximum atomic E-state index is 12.9.